The van der Waals surface area contributed by atoms with Crippen LogP contribution in [0.25, 0.3) is 0 Å². The molecule has 134 valence electrons. The molecule has 0 bridgehead atoms. The van der Waals surface area contributed by atoms with E-state index in [0.29, 0.717) is 26.1 Å². The van der Waals surface area contributed by atoms with E-state index in [1.54, 1.807) is 22.7 Å². The first-order valence-corrected chi connectivity index (χ1v) is 10.3. The van der Waals surface area contributed by atoms with Crippen molar-refractivity contribution >= 4 is 34.6 Å². The Morgan fingerprint density at radius 2 is 2.04 bits per heavy atom. The Kier molecular flexibility index (Phi) is 6.09. The van der Waals surface area contributed by atoms with Crippen LogP contribution in [0, 0.1) is 0 Å². The van der Waals surface area contributed by atoms with Crippen molar-refractivity contribution in [2.75, 3.05) is 13.1 Å². The standard InChI is InChI=1S/C18H23N3O2S2/c1-2-14-3-4-15(25-14)11-20-18(23)19-8-5-17(22)21-9-6-16-13(12-21)7-10-24-16/h3-4,7,10H,2,5-6,8-9,11-12H2,1H3,(H2,19,20,23). The summed E-state index contributed by atoms with van der Waals surface area (Å²) in [5.74, 6) is 0.1000. The molecule has 2 N–H and O–H groups in total. The van der Waals surface area contributed by atoms with Crippen LogP contribution in [0.5, 0.6) is 0 Å². The summed E-state index contributed by atoms with van der Waals surface area (Å²) in [4.78, 5) is 29.9. The topological polar surface area (TPSA) is 61.4 Å². The smallest absolute Gasteiger partial charge is 0.315 e. The highest BCUT2D eigenvalue weighted by atomic mass is 32.1. The van der Waals surface area contributed by atoms with Gasteiger partial charge in [-0.2, -0.15) is 0 Å². The van der Waals surface area contributed by atoms with Gasteiger partial charge in [-0.1, -0.05) is 6.92 Å². The van der Waals surface area contributed by atoms with Crippen LogP contribution in [-0.2, 0) is 30.7 Å². The SMILES string of the molecule is CCc1ccc(CNC(=O)NCCC(=O)N2CCc3sccc3C2)s1. The lowest BCUT2D eigenvalue weighted by Crippen LogP contribution is -2.39. The second-order valence-electron chi connectivity index (χ2n) is 6.02. The maximum atomic E-state index is 12.3. The van der Waals surface area contributed by atoms with Crippen molar-refractivity contribution in [2.45, 2.75) is 39.3 Å². The molecule has 3 amide bonds. The molecule has 0 aromatic carbocycles. The van der Waals surface area contributed by atoms with Crippen molar-refractivity contribution < 1.29 is 9.59 Å². The Labute approximate surface area is 156 Å². The number of hydrogen-bond acceptors (Lipinski definition) is 4. The number of thiophene rings is 2. The number of carbonyl (C=O) groups is 2. The van der Waals surface area contributed by atoms with Crippen LogP contribution in [0.2, 0.25) is 0 Å². The zero-order chi connectivity index (χ0) is 17.6. The molecule has 0 fully saturated rings. The minimum atomic E-state index is -0.224. The van der Waals surface area contributed by atoms with Crippen molar-refractivity contribution in [3.05, 3.63) is 43.8 Å². The highest BCUT2D eigenvalue weighted by Crippen LogP contribution is 2.24. The quantitative estimate of drug-likeness (QED) is 0.812. The van der Waals surface area contributed by atoms with Crippen LogP contribution in [0.15, 0.2) is 23.6 Å². The third kappa shape index (κ3) is 4.83. The average Bonchev–Trinajstić information content (AvgIpc) is 3.28. The number of carbonyl (C=O) groups excluding carboxylic acids is 2. The van der Waals surface area contributed by atoms with Crippen molar-refractivity contribution in [3.63, 3.8) is 0 Å². The van der Waals surface area contributed by atoms with E-state index in [9.17, 15) is 9.59 Å². The molecule has 2 aromatic heterocycles. The predicted octanol–water partition coefficient (Wildman–Crippen LogP) is 3.15. The Hall–Kier alpha value is -1.86. The van der Waals surface area contributed by atoms with Gasteiger partial charge in [0.1, 0.15) is 0 Å². The lowest BCUT2D eigenvalue weighted by atomic mass is 10.1. The summed E-state index contributed by atoms with van der Waals surface area (Å²) in [5, 5.41) is 7.69. The van der Waals surface area contributed by atoms with Crippen LogP contribution >= 0.6 is 22.7 Å². The zero-order valence-electron chi connectivity index (χ0n) is 14.3. The first-order chi connectivity index (χ1) is 12.2. The minimum absolute atomic E-state index is 0.1000. The van der Waals surface area contributed by atoms with Crippen LogP contribution < -0.4 is 10.6 Å². The second kappa shape index (κ2) is 8.49. The first kappa shape index (κ1) is 17.9. The molecule has 0 saturated carbocycles. The third-order valence-electron chi connectivity index (χ3n) is 4.27. The lowest BCUT2D eigenvalue weighted by Gasteiger charge is -2.27. The van der Waals surface area contributed by atoms with E-state index >= 15 is 0 Å². The second-order valence-corrected chi connectivity index (χ2v) is 8.27. The van der Waals surface area contributed by atoms with Gasteiger partial charge in [-0.05, 0) is 42.0 Å². The largest absolute Gasteiger partial charge is 0.338 e. The van der Waals surface area contributed by atoms with Crippen molar-refractivity contribution in [1.82, 2.24) is 15.5 Å². The van der Waals surface area contributed by atoms with Gasteiger partial charge in [0.25, 0.3) is 0 Å². The summed E-state index contributed by atoms with van der Waals surface area (Å²) in [6.07, 6.45) is 2.29. The number of aryl methyl sites for hydroxylation is 1. The number of amides is 3. The fourth-order valence-electron chi connectivity index (χ4n) is 2.84. The first-order valence-electron chi connectivity index (χ1n) is 8.58. The number of urea groups is 1. The normalized spacial score (nSPS) is 13.4. The van der Waals surface area contributed by atoms with Gasteiger partial charge in [0.05, 0.1) is 6.54 Å². The fourth-order valence-corrected chi connectivity index (χ4v) is 4.63. The number of hydrogen-bond donors (Lipinski definition) is 2. The maximum absolute atomic E-state index is 12.3. The molecular formula is C18H23N3O2S2. The van der Waals surface area contributed by atoms with Crippen LogP contribution in [0.1, 0.15) is 33.5 Å². The highest BCUT2D eigenvalue weighted by molar-refractivity contribution is 7.12. The van der Waals surface area contributed by atoms with Gasteiger partial charge in [0.2, 0.25) is 5.91 Å². The molecule has 7 heteroatoms. The van der Waals surface area contributed by atoms with E-state index in [0.717, 1.165) is 24.3 Å². The summed E-state index contributed by atoms with van der Waals surface area (Å²) in [7, 11) is 0. The summed E-state index contributed by atoms with van der Waals surface area (Å²) in [6.45, 7) is 4.48. The summed E-state index contributed by atoms with van der Waals surface area (Å²) >= 11 is 3.48. The Bertz CT molecular complexity index is 738. The number of nitrogens with one attached hydrogen (secondary N) is 2. The zero-order valence-corrected chi connectivity index (χ0v) is 16.0. The summed E-state index contributed by atoms with van der Waals surface area (Å²) < 4.78 is 0. The molecule has 0 radical (unpaired) electrons. The van der Waals surface area contributed by atoms with E-state index in [4.69, 9.17) is 0 Å². The van der Waals surface area contributed by atoms with Crippen LogP contribution in [0.4, 0.5) is 4.79 Å². The monoisotopic (exact) mass is 377 g/mol. The van der Waals surface area contributed by atoms with E-state index < -0.39 is 0 Å². The van der Waals surface area contributed by atoms with Crippen molar-refractivity contribution in [1.29, 1.82) is 0 Å². The molecule has 3 heterocycles. The molecule has 1 aliphatic heterocycles. The van der Waals surface area contributed by atoms with Gasteiger partial charge in [-0.15, -0.1) is 22.7 Å². The van der Waals surface area contributed by atoms with E-state index in [-0.39, 0.29) is 11.9 Å². The van der Waals surface area contributed by atoms with Gasteiger partial charge in [-0.3, -0.25) is 4.79 Å². The van der Waals surface area contributed by atoms with Gasteiger partial charge in [0, 0.05) is 40.7 Å². The summed E-state index contributed by atoms with van der Waals surface area (Å²) in [5.41, 5.74) is 1.26. The molecule has 0 atom stereocenters. The lowest BCUT2D eigenvalue weighted by molar-refractivity contribution is -0.131. The van der Waals surface area contributed by atoms with Crippen LogP contribution in [0.3, 0.4) is 0 Å². The number of rotatable bonds is 6. The fraction of sp³-hybridized carbons (Fsp3) is 0.444. The van der Waals surface area contributed by atoms with Gasteiger partial charge in [0.15, 0.2) is 0 Å². The molecule has 1 aliphatic rings. The molecule has 25 heavy (non-hydrogen) atoms. The predicted molar refractivity (Wildman–Crippen MR) is 102 cm³/mol. The Morgan fingerprint density at radius 1 is 1.20 bits per heavy atom. The van der Waals surface area contributed by atoms with E-state index in [2.05, 4.69) is 35.1 Å². The van der Waals surface area contributed by atoms with Crippen molar-refractivity contribution in [2.24, 2.45) is 0 Å². The molecule has 0 spiro atoms. The van der Waals surface area contributed by atoms with Gasteiger partial charge >= 0.3 is 6.03 Å². The van der Waals surface area contributed by atoms with E-state index in [1.165, 1.54) is 15.3 Å². The maximum Gasteiger partial charge on any atom is 0.315 e. The average molecular weight is 378 g/mol. The van der Waals surface area contributed by atoms with Gasteiger partial charge < -0.3 is 15.5 Å². The van der Waals surface area contributed by atoms with Crippen LogP contribution in [-0.4, -0.2) is 29.9 Å². The summed E-state index contributed by atoms with van der Waals surface area (Å²) in [6, 6.07) is 6.01. The molecule has 3 rings (SSSR count). The Balaban J connectivity index is 1.35. The Morgan fingerprint density at radius 3 is 2.84 bits per heavy atom. The molecule has 0 saturated heterocycles. The highest BCUT2D eigenvalue weighted by Gasteiger charge is 2.21. The van der Waals surface area contributed by atoms with Crippen molar-refractivity contribution in [3.8, 4) is 0 Å². The third-order valence-corrected chi connectivity index (χ3v) is 6.53. The molecule has 5 nitrogen and oxygen atoms in total. The van der Waals surface area contributed by atoms with E-state index in [1.807, 2.05) is 11.0 Å². The molecule has 2 aromatic rings. The van der Waals surface area contributed by atoms with Gasteiger partial charge in [-0.25, -0.2) is 4.79 Å². The molecule has 0 unspecified atom stereocenters. The molecule has 0 aliphatic carbocycles. The minimum Gasteiger partial charge on any atom is -0.338 e. The number of fused-ring (bicyclic) bond motifs is 1. The molecular weight excluding hydrogens is 354 g/mol. The number of nitrogens with zero attached hydrogens (tertiary/aromatic N) is 1.